The molecule has 1 atom stereocenters. The molecule has 0 saturated heterocycles. The monoisotopic (exact) mass is 407 g/mol. The van der Waals surface area contributed by atoms with Gasteiger partial charge in [0, 0.05) is 20.0 Å². The van der Waals surface area contributed by atoms with Crippen LogP contribution in [0.15, 0.2) is 40.5 Å². The molecule has 2 aromatic rings. The summed E-state index contributed by atoms with van der Waals surface area (Å²) in [5.74, 6) is -0.412. The fourth-order valence-corrected chi connectivity index (χ4v) is 3.33. The molecule has 142 valence electrons. The average molecular weight is 408 g/mol. The number of nitrogens with zero attached hydrogens (tertiary/aromatic N) is 3. The highest BCUT2D eigenvalue weighted by atomic mass is 35.5. The van der Waals surface area contributed by atoms with Gasteiger partial charge >= 0.3 is 0 Å². The zero-order valence-corrected chi connectivity index (χ0v) is 16.9. The third-order valence-electron chi connectivity index (χ3n) is 4.50. The van der Waals surface area contributed by atoms with E-state index in [1.54, 1.807) is 18.5 Å². The lowest BCUT2D eigenvalue weighted by Crippen LogP contribution is -2.14. The fourth-order valence-electron chi connectivity index (χ4n) is 2.84. The lowest BCUT2D eigenvalue weighted by atomic mass is 9.96. The molecule has 27 heavy (non-hydrogen) atoms. The number of aliphatic imine (C=N–C) groups is 1. The maximum absolute atomic E-state index is 14.1. The Morgan fingerprint density at radius 1 is 1.33 bits per heavy atom. The maximum atomic E-state index is 14.1. The minimum absolute atomic E-state index is 0.286. The van der Waals surface area contributed by atoms with Crippen LogP contribution in [0, 0.1) is 12.7 Å². The number of benzene rings is 2. The number of hydrogen-bond donors (Lipinski definition) is 0. The van der Waals surface area contributed by atoms with E-state index in [9.17, 15) is 4.39 Å². The second-order valence-electron chi connectivity index (χ2n) is 6.41. The first-order chi connectivity index (χ1) is 12.9. The molecular formula is C20H20Cl2FN3O. The van der Waals surface area contributed by atoms with E-state index >= 15 is 0 Å². The first-order valence-electron chi connectivity index (χ1n) is 8.62. The second-order valence-corrected chi connectivity index (χ2v) is 7.23. The van der Waals surface area contributed by atoms with Crippen molar-refractivity contribution in [3.8, 4) is 0 Å². The molecule has 4 nitrogen and oxygen atoms in total. The molecule has 0 saturated carbocycles. The molecule has 1 aliphatic heterocycles. The number of rotatable bonds is 5. The van der Waals surface area contributed by atoms with Crippen molar-refractivity contribution in [3.05, 3.63) is 62.9 Å². The SMILES string of the molecule is CCN(C)/C=N\c1cc(C)c(C2CC(c3c(F)cccc3Cl)=NO2)cc1Cl. The fraction of sp³-hybridized carbons (Fsp3) is 0.300. The van der Waals surface area contributed by atoms with Gasteiger partial charge in [-0.05, 0) is 49.2 Å². The van der Waals surface area contributed by atoms with Crippen LogP contribution in [0.3, 0.4) is 0 Å². The standard InChI is InChI=1S/C20H20Cl2FN3O/c1-4-26(3)11-24-17-8-12(2)13(9-15(17)22)19-10-18(25-27-19)20-14(21)6-5-7-16(20)23/h5-9,11,19H,4,10H2,1-3H3/b24-11-. The Labute approximate surface area is 168 Å². The molecule has 3 rings (SSSR count). The topological polar surface area (TPSA) is 37.2 Å². The summed E-state index contributed by atoms with van der Waals surface area (Å²) >= 11 is 12.5. The van der Waals surface area contributed by atoms with E-state index in [4.69, 9.17) is 28.0 Å². The van der Waals surface area contributed by atoms with E-state index in [1.165, 1.54) is 6.07 Å². The maximum Gasteiger partial charge on any atom is 0.158 e. The lowest BCUT2D eigenvalue weighted by molar-refractivity contribution is 0.0853. The van der Waals surface area contributed by atoms with Crippen LogP contribution in [-0.2, 0) is 4.84 Å². The quantitative estimate of drug-likeness (QED) is 0.455. The zero-order valence-electron chi connectivity index (χ0n) is 15.3. The van der Waals surface area contributed by atoms with Gasteiger partial charge in [0.1, 0.15) is 5.82 Å². The number of aryl methyl sites for hydroxylation is 1. The van der Waals surface area contributed by atoms with E-state index < -0.39 is 5.82 Å². The molecule has 1 heterocycles. The molecule has 1 unspecified atom stereocenters. The Morgan fingerprint density at radius 2 is 2.11 bits per heavy atom. The smallest absolute Gasteiger partial charge is 0.158 e. The number of hydrogen-bond acceptors (Lipinski definition) is 3. The Morgan fingerprint density at radius 3 is 2.81 bits per heavy atom. The van der Waals surface area contributed by atoms with Gasteiger partial charge in [-0.1, -0.05) is 34.4 Å². The molecular weight excluding hydrogens is 388 g/mol. The van der Waals surface area contributed by atoms with Crippen LogP contribution in [0.4, 0.5) is 10.1 Å². The Bertz CT molecular complexity index is 894. The molecule has 2 aromatic carbocycles. The predicted octanol–water partition coefficient (Wildman–Crippen LogP) is 5.92. The molecule has 7 heteroatoms. The van der Waals surface area contributed by atoms with Crippen LogP contribution >= 0.6 is 23.2 Å². The first-order valence-corrected chi connectivity index (χ1v) is 9.37. The largest absolute Gasteiger partial charge is 0.387 e. The summed E-state index contributed by atoms with van der Waals surface area (Å²) < 4.78 is 14.1. The van der Waals surface area contributed by atoms with Gasteiger partial charge < -0.3 is 9.74 Å². The van der Waals surface area contributed by atoms with Gasteiger partial charge in [-0.25, -0.2) is 9.38 Å². The number of oxime groups is 1. The minimum atomic E-state index is -0.412. The molecule has 0 radical (unpaired) electrons. The third kappa shape index (κ3) is 4.25. The summed E-state index contributed by atoms with van der Waals surface area (Å²) in [5.41, 5.74) is 3.34. The Balaban J connectivity index is 1.83. The number of halogens is 3. The van der Waals surface area contributed by atoms with Crippen LogP contribution < -0.4 is 0 Å². The molecule has 0 fully saturated rings. The zero-order chi connectivity index (χ0) is 19.6. The van der Waals surface area contributed by atoms with Crippen LogP contribution in [0.25, 0.3) is 0 Å². The van der Waals surface area contributed by atoms with Gasteiger partial charge in [-0.3, -0.25) is 0 Å². The summed E-state index contributed by atoms with van der Waals surface area (Å²) in [6.07, 6.45) is 1.82. The highest BCUT2D eigenvalue weighted by Crippen LogP contribution is 2.37. The predicted molar refractivity (Wildman–Crippen MR) is 109 cm³/mol. The molecule has 0 amide bonds. The van der Waals surface area contributed by atoms with Crippen molar-refractivity contribution >= 4 is 40.9 Å². The Kier molecular flexibility index (Phi) is 6.02. The Hall–Kier alpha value is -2.11. The summed E-state index contributed by atoms with van der Waals surface area (Å²) in [5, 5.41) is 4.90. The normalized spacial score (nSPS) is 16.5. The molecule has 0 bridgehead atoms. The highest BCUT2D eigenvalue weighted by Gasteiger charge is 2.28. The van der Waals surface area contributed by atoms with Crippen molar-refractivity contribution in [2.45, 2.75) is 26.4 Å². The van der Waals surface area contributed by atoms with Gasteiger partial charge in [0.2, 0.25) is 0 Å². The summed E-state index contributed by atoms with van der Waals surface area (Å²) in [4.78, 5) is 11.9. The molecule has 0 spiro atoms. The summed E-state index contributed by atoms with van der Waals surface area (Å²) in [6, 6.07) is 8.31. The first kappa shape index (κ1) is 19.6. The minimum Gasteiger partial charge on any atom is -0.387 e. The van der Waals surface area contributed by atoms with Crippen LogP contribution in [-0.4, -0.2) is 30.5 Å². The van der Waals surface area contributed by atoms with Crippen molar-refractivity contribution in [1.82, 2.24) is 4.90 Å². The van der Waals surface area contributed by atoms with Crippen molar-refractivity contribution in [2.75, 3.05) is 13.6 Å². The van der Waals surface area contributed by atoms with E-state index in [1.807, 2.05) is 37.9 Å². The van der Waals surface area contributed by atoms with Gasteiger partial charge in [0.15, 0.2) is 6.10 Å². The summed E-state index contributed by atoms with van der Waals surface area (Å²) in [6.45, 7) is 4.86. The molecule has 0 N–H and O–H groups in total. The van der Waals surface area contributed by atoms with E-state index in [0.717, 1.165) is 17.7 Å². The van der Waals surface area contributed by atoms with Crippen LogP contribution in [0.2, 0.25) is 10.0 Å². The van der Waals surface area contributed by atoms with Gasteiger partial charge in [-0.2, -0.15) is 0 Å². The van der Waals surface area contributed by atoms with E-state index in [-0.39, 0.29) is 11.7 Å². The molecule has 1 aliphatic rings. The lowest BCUT2D eigenvalue weighted by Gasteiger charge is -2.14. The van der Waals surface area contributed by atoms with Gasteiger partial charge in [0.25, 0.3) is 0 Å². The van der Waals surface area contributed by atoms with E-state index in [2.05, 4.69) is 10.1 Å². The van der Waals surface area contributed by atoms with Gasteiger partial charge in [-0.15, -0.1) is 0 Å². The summed E-state index contributed by atoms with van der Waals surface area (Å²) in [7, 11) is 1.94. The van der Waals surface area contributed by atoms with Crippen molar-refractivity contribution < 1.29 is 9.23 Å². The third-order valence-corrected chi connectivity index (χ3v) is 5.11. The van der Waals surface area contributed by atoms with Crippen LogP contribution in [0.5, 0.6) is 0 Å². The van der Waals surface area contributed by atoms with Crippen molar-refractivity contribution in [1.29, 1.82) is 0 Å². The van der Waals surface area contributed by atoms with Crippen molar-refractivity contribution in [3.63, 3.8) is 0 Å². The van der Waals surface area contributed by atoms with Gasteiger partial charge in [0.05, 0.1) is 33.3 Å². The second kappa shape index (κ2) is 8.28. The molecule has 0 aromatic heterocycles. The van der Waals surface area contributed by atoms with Crippen LogP contribution in [0.1, 0.15) is 36.1 Å². The molecule has 0 aliphatic carbocycles. The highest BCUT2D eigenvalue weighted by molar-refractivity contribution is 6.34. The van der Waals surface area contributed by atoms with Crippen molar-refractivity contribution in [2.24, 2.45) is 10.1 Å². The average Bonchev–Trinajstić information content (AvgIpc) is 3.11. The van der Waals surface area contributed by atoms with E-state index in [0.29, 0.717) is 27.9 Å².